The van der Waals surface area contributed by atoms with E-state index in [1.165, 1.54) is 6.07 Å². The maximum Gasteiger partial charge on any atom is 0.354 e. The Labute approximate surface area is 139 Å². The lowest BCUT2D eigenvalue weighted by atomic mass is 10.2. The number of nitrogens with zero attached hydrogens (tertiary/aromatic N) is 5. The summed E-state index contributed by atoms with van der Waals surface area (Å²) in [5, 5.41) is 9.09. The van der Waals surface area contributed by atoms with E-state index >= 15 is 0 Å². The molecule has 24 heavy (non-hydrogen) atoms. The molecule has 1 saturated heterocycles. The van der Waals surface area contributed by atoms with E-state index in [2.05, 4.69) is 15.0 Å². The number of hydrogen-bond acceptors (Lipinski definition) is 7. The maximum atomic E-state index is 11.1. The molecule has 3 rings (SSSR count). The van der Waals surface area contributed by atoms with Gasteiger partial charge in [0.15, 0.2) is 5.69 Å². The van der Waals surface area contributed by atoms with Crippen molar-refractivity contribution in [1.29, 1.82) is 0 Å². The van der Waals surface area contributed by atoms with Crippen LogP contribution in [-0.4, -0.2) is 59.8 Å². The second kappa shape index (κ2) is 6.79. The third kappa shape index (κ3) is 3.43. The fourth-order valence-corrected chi connectivity index (χ4v) is 2.51. The Hall–Kier alpha value is -2.74. The summed E-state index contributed by atoms with van der Waals surface area (Å²) in [5.74, 6) is 0.220. The summed E-state index contributed by atoms with van der Waals surface area (Å²) in [6.45, 7) is 1.73. The monoisotopic (exact) mass is 329 g/mol. The van der Waals surface area contributed by atoms with Crippen LogP contribution in [-0.2, 0) is 4.74 Å². The molecule has 0 spiro atoms. The van der Waals surface area contributed by atoms with E-state index in [9.17, 15) is 4.79 Å². The summed E-state index contributed by atoms with van der Waals surface area (Å²) >= 11 is 0. The summed E-state index contributed by atoms with van der Waals surface area (Å²) in [6.07, 6.45) is 1.50. The molecule has 0 bridgehead atoms. The first-order valence-corrected chi connectivity index (χ1v) is 7.62. The summed E-state index contributed by atoms with van der Waals surface area (Å²) < 4.78 is 5.83. The number of carboxylic acids is 1. The van der Waals surface area contributed by atoms with Crippen molar-refractivity contribution < 1.29 is 14.6 Å². The SMILES string of the molecule is CN(C)c1nccc(C2CN(c3cccc(C(=O)O)n3)CCO2)n1. The largest absolute Gasteiger partial charge is 0.477 e. The van der Waals surface area contributed by atoms with Crippen molar-refractivity contribution in [3.63, 3.8) is 0 Å². The molecule has 0 saturated carbocycles. The van der Waals surface area contributed by atoms with Gasteiger partial charge in [-0.1, -0.05) is 6.07 Å². The zero-order valence-electron chi connectivity index (χ0n) is 13.6. The number of ether oxygens (including phenoxy) is 1. The molecule has 0 aromatic carbocycles. The number of morpholine rings is 1. The number of anilines is 2. The lowest BCUT2D eigenvalue weighted by Crippen LogP contribution is -2.39. The molecule has 1 atom stereocenters. The molecule has 1 N–H and O–H groups in total. The Balaban J connectivity index is 1.81. The second-order valence-corrected chi connectivity index (χ2v) is 5.67. The van der Waals surface area contributed by atoms with Crippen LogP contribution in [0.3, 0.4) is 0 Å². The Bertz CT molecular complexity index is 737. The fraction of sp³-hybridized carbons (Fsp3) is 0.375. The van der Waals surface area contributed by atoms with Crippen molar-refractivity contribution in [2.75, 3.05) is 43.6 Å². The molecule has 1 unspecified atom stereocenters. The highest BCUT2D eigenvalue weighted by molar-refractivity contribution is 5.85. The number of aromatic nitrogens is 3. The average Bonchev–Trinajstić information content (AvgIpc) is 2.62. The predicted molar refractivity (Wildman–Crippen MR) is 88.5 cm³/mol. The van der Waals surface area contributed by atoms with E-state index in [-0.39, 0.29) is 11.8 Å². The van der Waals surface area contributed by atoms with E-state index in [0.717, 1.165) is 5.69 Å². The van der Waals surface area contributed by atoms with Crippen LogP contribution in [0.4, 0.5) is 11.8 Å². The zero-order valence-corrected chi connectivity index (χ0v) is 13.6. The van der Waals surface area contributed by atoms with Crippen molar-refractivity contribution in [2.45, 2.75) is 6.10 Å². The van der Waals surface area contributed by atoms with Crippen molar-refractivity contribution in [3.05, 3.63) is 41.9 Å². The molecule has 0 radical (unpaired) electrons. The lowest BCUT2D eigenvalue weighted by Gasteiger charge is -2.33. The van der Waals surface area contributed by atoms with Crippen LogP contribution >= 0.6 is 0 Å². The molecule has 1 aliphatic heterocycles. The number of pyridine rings is 1. The number of carboxylic acid groups (broad SMARTS) is 1. The average molecular weight is 329 g/mol. The van der Waals surface area contributed by atoms with Gasteiger partial charge in [0, 0.05) is 26.8 Å². The molecule has 1 aliphatic rings. The Morgan fingerprint density at radius 3 is 2.92 bits per heavy atom. The van der Waals surface area contributed by atoms with E-state index in [4.69, 9.17) is 9.84 Å². The van der Waals surface area contributed by atoms with Crippen molar-refractivity contribution in [2.24, 2.45) is 0 Å². The Kier molecular flexibility index (Phi) is 4.57. The van der Waals surface area contributed by atoms with E-state index in [1.807, 2.05) is 30.0 Å². The highest BCUT2D eigenvalue weighted by atomic mass is 16.5. The van der Waals surface area contributed by atoms with Gasteiger partial charge in [-0.05, 0) is 18.2 Å². The van der Waals surface area contributed by atoms with Gasteiger partial charge in [0.2, 0.25) is 5.95 Å². The topological polar surface area (TPSA) is 91.7 Å². The van der Waals surface area contributed by atoms with Crippen LogP contribution in [0, 0.1) is 0 Å². The Morgan fingerprint density at radius 1 is 1.33 bits per heavy atom. The van der Waals surface area contributed by atoms with Gasteiger partial charge in [0.05, 0.1) is 18.8 Å². The molecule has 0 amide bonds. The van der Waals surface area contributed by atoms with Gasteiger partial charge in [-0.15, -0.1) is 0 Å². The maximum absolute atomic E-state index is 11.1. The van der Waals surface area contributed by atoms with Gasteiger partial charge in [-0.25, -0.2) is 19.7 Å². The van der Waals surface area contributed by atoms with Crippen LogP contribution in [0.25, 0.3) is 0 Å². The second-order valence-electron chi connectivity index (χ2n) is 5.67. The van der Waals surface area contributed by atoms with Crippen molar-refractivity contribution in [1.82, 2.24) is 15.0 Å². The van der Waals surface area contributed by atoms with Crippen molar-refractivity contribution >= 4 is 17.7 Å². The smallest absolute Gasteiger partial charge is 0.354 e. The van der Waals surface area contributed by atoms with E-state index in [1.54, 1.807) is 18.3 Å². The van der Waals surface area contributed by atoms with Gasteiger partial charge in [0.1, 0.15) is 11.9 Å². The van der Waals surface area contributed by atoms with E-state index < -0.39 is 5.97 Å². The lowest BCUT2D eigenvalue weighted by molar-refractivity contribution is 0.0367. The zero-order chi connectivity index (χ0) is 17.1. The van der Waals surface area contributed by atoms with Gasteiger partial charge < -0.3 is 19.6 Å². The van der Waals surface area contributed by atoms with Crippen LogP contribution in [0.15, 0.2) is 30.5 Å². The molecule has 126 valence electrons. The minimum absolute atomic E-state index is 0.0347. The highest BCUT2D eigenvalue weighted by Gasteiger charge is 2.25. The molecule has 2 aromatic rings. The fourth-order valence-electron chi connectivity index (χ4n) is 2.51. The minimum atomic E-state index is -1.03. The molecule has 0 aliphatic carbocycles. The third-order valence-corrected chi connectivity index (χ3v) is 3.74. The third-order valence-electron chi connectivity index (χ3n) is 3.74. The van der Waals surface area contributed by atoms with Gasteiger partial charge >= 0.3 is 5.97 Å². The molecular formula is C16H19N5O3. The number of aromatic carboxylic acids is 1. The number of hydrogen-bond donors (Lipinski definition) is 1. The predicted octanol–water partition coefficient (Wildman–Crippen LogP) is 1.21. The first kappa shape index (κ1) is 16.1. The molecule has 3 heterocycles. The quantitative estimate of drug-likeness (QED) is 0.895. The molecule has 8 heteroatoms. The normalized spacial score (nSPS) is 17.6. The van der Waals surface area contributed by atoms with Gasteiger partial charge in [0.25, 0.3) is 0 Å². The van der Waals surface area contributed by atoms with Gasteiger partial charge in [-0.2, -0.15) is 0 Å². The molecular weight excluding hydrogens is 310 g/mol. The molecule has 2 aromatic heterocycles. The Morgan fingerprint density at radius 2 is 2.17 bits per heavy atom. The standard InChI is InChI=1S/C16H19N5O3/c1-20(2)16-17-7-6-11(19-16)13-10-21(8-9-24-13)14-5-3-4-12(18-14)15(22)23/h3-7,13H,8-10H2,1-2H3,(H,22,23). The number of carbonyl (C=O) groups is 1. The summed E-state index contributed by atoms with van der Waals surface area (Å²) in [4.78, 5) is 27.9. The van der Waals surface area contributed by atoms with Crippen LogP contribution in [0.5, 0.6) is 0 Å². The first-order valence-electron chi connectivity index (χ1n) is 7.62. The van der Waals surface area contributed by atoms with Crippen LogP contribution in [0.1, 0.15) is 22.3 Å². The minimum Gasteiger partial charge on any atom is -0.477 e. The first-order chi connectivity index (χ1) is 11.5. The van der Waals surface area contributed by atoms with Crippen molar-refractivity contribution in [3.8, 4) is 0 Å². The highest BCUT2D eigenvalue weighted by Crippen LogP contribution is 2.24. The van der Waals surface area contributed by atoms with Crippen LogP contribution in [0.2, 0.25) is 0 Å². The number of rotatable bonds is 4. The summed E-state index contributed by atoms with van der Waals surface area (Å²) in [5.41, 5.74) is 0.834. The van der Waals surface area contributed by atoms with E-state index in [0.29, 0.717) is 31.5 Å². The van der Waals surface area contributed by atoms with Gasteiger partial charge in [-0.3, -0.25) is 0 Å². The molecule has 1 fully saturated rings. The molecule has 8 nitrogen and oxygen atoms in total. The summed E-state index contributed by atoms with van der Waals surface area (Å²) in [6, 6.07) is 6.82. The summed E-state index contributed by atoms with van der Waals surface area (Å²) in [7, 11) is 3.77. The van der Waals surface area contributed by atoms with Crippen LogP contribution < -0.4 is 9.80 Å².